The van der Waals surface area contributed by atoms with Crippen LogP contribution in [0.4, 0.5) is 5.82 Å². The van der Waals surface area contributed by atoms with Gasteiger partial charge in [0.25, 0.3) is 5.91 Å². The molecule has 0 fully saturated rings. The lowest BCUT2D eigenvalue weighted by Gasteiger charge is -2.25. The van der Waals surface area contributed by atoms with Gasteiger partial charge in [-0.25, -0.2) is 4.98 Å². The van der Waals surface area contributed by atoms with Gasteiger partial charge in [-0.3, -0.25) is 14.5 Å². The fourth-order valence-electron chi connectivity index (χ4n) is 4.58. The molecule has 1 aliphatic rings. The van der Waals surface area contributed by atoms with Crippen molar-refractivity contribution in [2.75, 3.05) is 18.6 Å². The molecule has 2 aromatic carbocycles. The smallest absolute Gasteiger partial charge is 0.296 e. The van der Waals surface area contributed by atoms with Gasteiger partial charge in [-0.15, -0.1) is 0 Å². The van der Waals surface area contributed by atoms with E-state index in [4.69, 9.17) is 13.9 Å². The highest BCUT2D eigenvalue weighted by Gasteiger charge is 2.44. The highest BCUT2D eigenvalue weighted by atomic mass is 16.5. The zero-order chi connectivity index (χ0) is 25.4. The Bertz CT molecular complexity index is 1510. The van der Waals surface area contributed by atoms with E-state index >= 15 is 0 Å². The van der Waals surface area contributed by atoms with Gasteiger partial charge in [0.2, 0.25) is 5.76 Å². The summed E-state index contributed by atoms with van der Waals surface area (Å²) in [5.41, 5.74) is 3.12. The number of unbranched alkanes of at least 4 members (excludes halogenated alkanes) is 1. The lowest BCUT2D eigenvalue weighted by Crippen LogP contribution is -2.30. The molecular weight excluding hydrogens is 456 g/mol. The third-order valence-electron chi connectivity index (χ3n) is 6.64. The van der Waals surface area contributed by atoms with Crippen molar-refractivity contribution in [1.29, 1.82) is 0 Å². The van der Waals surface area contributed by atoms with Gasteiger partial charge in [0.15, 0.2) is 16.9 Å². The van der Waals surface area contributed by atoms with Crippen molar-refractivity contribution in [3.8, 4) is 11.5 Å². The van der Waals surface area contributed by atoms with Gasteiger partial charge >= 0.3 is 0 Å². The zero-order valence-electron chi connectivity index (χ0n) is 20.8. The number of ether oxygens (including phenoxy) is 2. The fourth-order valence-corrected chi connectivity index (χ4v) is 4.58. The third-order valence-corrected chi connectivity index (χ3v) is 6.64. The molecular formula is C29H28N2O5. The second-order valence-corrected chi connectivity index (χ2v) is 8.98. The minimum Gasteiger partial charge on any atom is -0.493 e. The van der Waals surface area contributed by atoms with Crippen molar-refractivity contribution in [1.82, 2.24) is 4.98 Å². The lowest BCUT2D eigenvalue weighted by molar-refractivity contribution is 0.0970. The average molecular weight is 485 g/mol. The van der Waals surface area contributed by atoms with Crippen molar-refractivity contribution in [3.05, 3.63) is 93.0 Å². The number of fused-ring (bicyclic) bond motifs is 2. The van der Waals surface area contributed by atoms with Crippen LogP contribution < -0.4 is 19.8 Å². The largest absolute Gasteiger partial charge is 0.493 e. The number of aryl methyl sites for hydroxylation is 2. The highest BCUT2D eigenvalue weighted by Crippen LogP contribution is 2.42. The van der Waals surface area contributed by atoms with Crippen molar-refractivity contribution in [2.24, 2.45) is 0 Å². The molecule has 7 heteroatoms. The van der Waals surface area contributed by atoms with Gasteiger partial charge in [-0.2, -0.15) is 0 Å². The molecule has 1 atom stereocenters. The minimum atomic E-state index is -0.733. The van der Waals surface area contributed by atoms with E-state index in [0.717, 1.165) is 24.0 Å². The average Bonchev–Trinajstić information content (AvgIpc) is 3.18. The number of nitrogens with zero attached hydrogens (tertiary/aromatic N) is 2. The van der Waals surface area contributed by atoms with Gasteiger partial charge in [-0.1, -0.05) is 25.5 Å². The summed E-state index contributed by atoms with van der Waals surface area (Å²) in [6.07, 6.45) is 3.56. The molecule has 1 aliphatic heterocycles. The van der Waals surface area contributed by atoms with Crippen LogP contribution in [0.5, 0.6) is 11.5 Å². The molecule has 3 heterocycles. The van der Waals surface area contributed by atoms with Crippen LogP contribution in [0.1, 0.15) is 58.6 Å². The highest BCUT2D eigenvalue weighted by molar-refractivity contribution is 6.10. The molecule has 1 amide bonds. The molecule has 0 radical (unpaired) electrons. The van der Waals surface area contributed by atoms with E-state index in [-0.39, 0.29) is 11.2 Å². The standard InChI is InChI=1S/C29H28N2O5/c1-5-6-13-35-21-11-10-19(16-23(21)34-4)26-25-27(32)20-14-17(2)18(3)15-22(20)36-28(25)29(33)31(26)24-9-7-8-12-30-24/h7-12,14-16,26H,5-6,13H2,1-4H3. The molecule has 0 bridgehead atoms. The number of pyridine rings is 1. The first-order valence-corrected chi connectivity index (χ1v) is 12.1. The zero-order valence-corrected chi connectivity index (χ0v) is 20.8. The predicted octanol–water partition coefficient (Wildman–Crippen LogP) is 5.74. The van der Waals surface area contributed by atoms with Crippen LogP contribution >= 0.6 is 0 Å². The van der Waals surface area contributed by atoms with E-state index in [9.17, 15) is 9.59 Å². The van der Waals surface area contributed by atoms with Gasteiger partial charge in [0.05, 0.1) is 30.7 Å². The van der Waals surface area contributed by atoms with Crippen molar-refractivity contribution < 1.29 is 18.7 Å². The maximum Gasteiger partial charge on any atom is 0.296 e. The third kappa shape index (κ3) is 3.90. The van der Waals surface area contributed by atoms with Crippen LogP contribution in [0.25, 0.3) is 11.0 Å². The molecule has 0 spiro atoms. The van der Waals surface area contributed by atoms with Gasteiger partial charge < -0.3 is 13.9 Å². The van der Waals surface area contributed by atoms with E-state index in [0.29, 0.717) is 46.0 Å². The molecule has 36 heavy (non-hydrogen) atoms. The van der Waals surface area contributed by atoms with E-state index in [1.807, 2.05) is 44.2 Å². The van der Waals surface area contributed by atoms with Crippen LogP contribution in [0.2, 0.25) is 0 Å². The summed E-state index contributed by atoms with van der Waals surface area (Å²) in [6, 6.07) is 13.7. The molecule has 2 aromatic heterocycles. The van der Waals surface area contributed by atoms with E-state index < -0.39 is 11.9 Å². The number of anilines is 1. The van der Waals surface area contributed by atoms with Gasteiger partial charge in [0, 0.05) is 6.20 Å². The molecule has 7 nitrogen and oxygen atoms in total. The first kappa shape index (κ1) is 23.6. The van der Waals surface area contributed by atoms with Crippen LogP contribution in [-0.4, -0.2) is 24.6 Å². The fraction of sp³-hybridized carbons (Fsp3) is 0.276. The number of carbonyl (C=O) groups excluding carboxylic acids is 1. The Balaban J connectivity index is 1.72. The maximum absolute atomic E-state index is 13.9. The normalized spacial score (nSPS) is 14.8. The van der Waals surface area contributed by atoms with Gasteiger partial charge in [-0.05, 0) is 73.4 Å². The van der Waals surface area contributed by atoms with Crippen molar-refractivity contribution >= 4 is 22.7 Å². The number of hydrogen-bond acceptors (Lipinski definition) is 6. The topological polar surface area (TPSA) is 81.9 Å². The molecule has 0 N–H and O–H groups in total. The van der Waals surface area contributed by atoms with E-state index in [2.05, 4.69) is 11.9 Å². The van der Waals surface area contributed by atoms with Crippen molar-refractivity contribution in [3.63, 3.8) is 0 Å². The Morgan fingerprint density at radius 1 is 1.03 bits per heavy atom. The second-order valence-electron chi connectivity index (χ2n) is 8.98. The monoisotopic (exact) mass is 484 g/mol. The van der Waals surface area contributed by atoms with Crippen LogP contribution in [0, 0.1) is 13.8 Å². The summed E-state index contributed by atoms with van der Waals surface area (Å²) in [6.45, 7) is 6.57. The maximum atomic E-state index is 13.9. The van der Waals surface area contributed by atoms with Crippen LogP contribution in [-0.2, 0) is 0 Å². The SMILES string of the molecule is CCCCOc1ccc(C2c3c(oc4cc(C)c(C)cc4c3=O)C(=O)N2c2ccccn2)cc1OC. The Labute approximate surface area is 209 Å². The number of benzene rings is 2. The number of amides is 1. The summed E-state index contributed by atoms with van der Waals surface area (Å²) in [4.78, 5) is 33.5. The summed E-state index contributed by atoms with van der Waals surface area (Å²) >= 11 is 0. The van der Waals surface area contributed by atoms with Crippen molar-refractivity contribution in [2.45, 2.75) is 39.7 Å². The first-order chi connectivity index (χ1) is 17.4. The molecule has 0 aliphatic carbocycles. The van der Waals surface area contributed by atoms with Crippen LogP contribution in [0.15, 0.2) is 63.9 Å². The number of aromatic nitrogens is 1. The first-order valence-electron chi connectivity index (χ1n) is 12.1. The summed E-state index contributed by atoms with van der Waals surface area (Å²) in [7, 11) is 1.57. The number of carbonyl (C=O) groups is 1. The molecule has 0 saturated carbocycles. The molecule has 184 valence electrons. The Hall–Kier alpha value is -4.13. The summed E-state index contributed by atoms with van der Waals surface area (Å²) < 4.78 is 17.6. The number of hydrogen-bond donors (Lipinski definition) is 0. The van der Waals surface area contributed by atoms with Gasteiger partial charge in [0.1, 0.15) is 11.4 Å². The molecule has 1 unspecified atom stereocenters. The van der Waals surface area contributed by atoms with E-state index in [1.54, 1.807) is 31.5 Å². The molecule has 5 rings (SSSR count). The summed E-state index contributed by atoms with van der Waals surface area (Å²) in [5, 5.41) is 0.448. The van der Waals surface area contributed by atoms with E-state index in [1.165, 1.54) is 4.90 Å². The number of rotatable bonds is 7. The molecule has 4 aromatic rings. The Kier molecular flexibility index (Phi) is 6.22. The lowest BCUT2D eigenvalue weighted by atomic mass is 9.97. The quantitative estimate of drug-likeness (QED) is 0.311. The second kappa shape index (κ2) is 9.49. The summed E-state index contributed by atoms with van der Waals surface area (Å²) in [5.74, 6) is 1.20. The Morgan fingerprint density at radius 3 is 2.56 bits per heavy atom. The Morgan fingerprint density at radius 2 is 1.83 bits per heavy atom. The molecule has 0 saturated heterocycles. The van der Waals surface area contributed by atoms with Crippen LogP contribution in [0.3, 0.4) is 0 Å². The number of methoxy groups -OCH3 is 1. The minimum absolute atomic E-state index is 0.0358. The predicted molar refractivity (Wildman–Crippen MR) is 138 cm³/mol.